The van der Waals surface area contributed by atoms with Gasteiger partial charge in [-0.15, -0.1) is 6.42 Å². The number of likely N-dealkylation sites (tertiary alicyclic amines) is 1. The maximum atomic E-state index is 12.9. The van der Waals surface area contributed by atoms with E-state index in [2.05, 4.69) is 16.1 Å². The van der Waals surface area contributed by atoms with Crippen LogP contribution in [0, 0.1) is 18.3 Å². The molecule has 0 unspecified atom stereocenters. The highest BCUT2D eigenvalue weighted by atomic mass is 16.6. The minimum absolute atomic E-state index is 0.0343. The molecule has 0 bridgehead atoms. The number of carbonyl (C=O) groups excluding carboxylic acids is 2. The first kappa shape index (κ1) is 21.2. The molecular formula is C23H30N2O4. The number of benzene rings is 1. The minimum Gasteiger partial charge on any atom is -0.486 e. The molecule has 6 nitrogen and oxygen atoms in total. The van der Waals surface area contributed by atoms with E-state index in [1.807, 2.05) is 19.9 Å². The Labute approximate surface area is 172 Å². The molecule has 2 aliphatic rings. The molecule has 2 heterocycles. The molecule has 29 heavy (non-hydrogen) atoms. The molecule has 1 saturated heterocycles. The quantitative estimate of drug-likeness (QED) is 0.565. The molecule has 1 amide bonds. The number of fused-ring (bicyclic) bond motifs is 1. The average Bonchev–Trinajstić information content (AvgIpc) is 2.77. The first-order chi connectivity index (χ1) is 14.0. The molecule has 0 radical (unpaired) electrons. The third-order valence-corrected chi connectivity index (χ3v) is 6.01. The summed E-state index contributed by atoms with van der Waals surface area (Å²) in [6, 6.07) is 5.40. The van der Waals surface area contributed by atoms with Crippen LogP contribution in [0.1, 0.15) is 49.9 Å². The summed E-state index contributed by atoms with van der Waals surface area (Å²) in [5.74, 6) is 4.11. The normalized spacial score (nSPS) is 17.4. The van der Waals surface area contributed by atoms with Gasteiger partial charge in [-0.2, -0.15) is 0 Å². The van der Waals surface area contributed by atoms with Crippen LogP contribution in [0.25, 0.3) is 0 Å². The van der Waals surface area contributed by atoms with E-state index in [-0.39, 0.29) is 17.6 Å². The molecule has 0 aliphatic carbocycles. The van der Waals surface area contributed by atoms with Gasteiger partial charge in [-0.25, -0.2) is 0 Å². The summed E-state index contributed by atoms with van der Waals surface area (Å²) in [5, 5.41) is 3.01. The predicted molar refractivity (Wildman–Crippen MR) is 111 cm³/mol. The number of ketones is 1. The Morgan fingerprint density at radius 1 is 1.17 bits per heavy atom. The van der Waals surface area contributed by atoms with Crippen LogP contribution in [0.15, 0.2) is 18.2 Å². The van der Waals surface area contributed by atoms with E-state index < -0.39 is 5.54 Å². The highest BCUT2D eigenvalue weighted by molar-refractivity contribution is 5.98. The Kier molecular flexibility index (Phi) is 6.81. The lowest BCUT2D eigenvalue weighted by Gasteiger charge is -2.33. The Bertz CT molecular complexity index is 787. The van der Waals surface area contributed by atoms with Crippen molar-refractivity contribution in [1.29, 1.82) is 0 Å². The van der Waals surface area contributed by atoms with E-state index in [1.165, 1.54) is 0 Å². The maximum Gasteiger partial charge on any atom is 0.235 e. The second-order valence-corrected chi connectivity index (χ2v) is 7.75. The third kappa shape index (κ3) is 4.91. The predicted octanol–water partition coefficient (Wildman–Crippen LogP) is 2.66. The fourth-order valence-electron chi connectivity index (χ4n) is 3.96. The van der Waals surface area contributed by atoms with E-state index in [0.717, 1.165) is 25.9 Å². The van der Waals surface area contributed by atoms with Crippen molar-refractivity contribution in [2.24, 2.45) is 5.92 Å². The summed E-state index contributed by atoms with van der Waals surface area (Å²) >= 11 is 0. The van der Waals surface area contributed by atoms with Gasteiger partial charge < -0.3 is 14.8 Å². The van der Waals surface area contributed by atoms with E-state index >= 15 is 0 Å². The number of rotatable bonds is 7. The molecular weight excluding hydrogens is 368 g/mol. The molecule has 156 valence electrons. The second kappa shape index (κ2) is 9.32. The maximum absolute atomic E-state index is 12.9. The molecule has 0 atom stereocenters. The SMILES string of the molecule is C#CC(CC)(CC)NC(=O)CN1CCC(C(=O)c2ccc3c(c2)OCCO3)CC1. The highest BCUT2D eigenvalue weighted by Crippen LogP contribution is 2.32. The van der Waals surface area contributed by atoms with Gasteiger partial charge in [0, 0.05) is 11.5 Å². The van der Waals surface area contributed by atoms with Crippen LogP contribution < -0.4 is 14.8 Å². The summed E-state index contributed by atoms with van der Waals surface area (Å²) < 4.78 is 11.1. The number of hydrogen-bond acceptors (Lipinski definition) is 5. The van der Waals surface area contributed by atoms with Gasteiger partial charge in [0.25, 0.3) is 0 Å². The van der Waals surface area contributed by atoms with E-state index in [0.29, 0.717) is 49.7 Å². The van der Waals surface area contributed by atoms with Crippen LogP contribution >= 0.6 is 0 Å². The molecule has 2 aliphatic heterocycles. The van der Waals surface area contributed by atoms with Gasteiger partial charge in [-0.3, -0.25) is 14.5 Å². The number of piperidine rings is 1. The molecule has 1 N–H and O–H groups in total. The number of terminal acetylenes is 1. The van der Waals surface area contributed by atoms with Gasteiger partial charge >= 0.3 is 0 Å². The van der Waals surface area contributed by atoms with Gasteiger partial charge in [-0.05, 0) is 57.0 Å². The van der Waals surface area contributed by atoms with Gasteiger partial charge in [0.2, 0.25) is 5.91 Å². The first-order valence-corrected chi connectivity index (χ1v) is 10.4. The standard InChI is InChI=1S/C23H30N2O4/c1-4-23(5-2,6-3)24-21(26)16-25-11-9-17(10-12-25)22(27)18-7-8-19-20(15-18)29-14-13-28-19/h1,7-8,15,17H,5-6,9-14,16H2,2-3H3,(H,24,26). The van der Waals surface area contributed by atoms with E-state index in [4.69, 9.17) is 15.9 Å². The summed E-state index contributed by atoms with van der Waals surface area (Å²) in [7, 11) is 0. The molecule has 1 aromatic rings. The van der Waals surface area contributed by atoms with E-state index in [1.54, 1.807) is 12.1 Å². The zero-order valence-electron chi connectivity index (χ0n) is 17.3. The first-order valence-electron chi connectivity index (χ1n) is 10.4. The molecule has 1 fully saturated rings. The molecule has 0 spiro atoms. The van der Waals surface area contributed by atoms with E-state index in [9.17, 15) is 9.59 Å². The Balaban J connectivity index is 1.52. The zero-order chi connectivity index (χ0) is 20.9. The molecule has 3 rings (SSSR count). The summed E-state index contributed by atoms with van der Waals surface area (Å²) in [4.78, 5) is 27.4. The van der Waals surface area contributed by atoms with Crippen LogP contribution in [0.3, 0.4) is 0 Å². The smallest absolute Gasteiger partial charge is 0.235 e. The van der Waals surface area contributed by atoms with Crippen molar-refractivity contribution in [1.82, 2.24) is 10.2 Å². The molecule has 6 heteroatoms. The monoisotopic (exact) mass is 398 g/mol. The number of nitrogens with zero attached hydrogens (tertiary/aromatic N) is 1. The third-order valence-electron chi connectivity index (χ3n) is 6.01. The summed E-state index contributed by atoms with van der Waals surface area (Å²) in [6.45, 7) is 6.75. The number of nitrogens with one attached hydrogen (secondary N) is 1. The van der Waals surface area contributed by atoms with Crippen LogP contribution in [0.2, 0.25) is 0 Å². The number of ether oxygens (including phenoxy) is 2. The molecule has 0 saturated carbocycles. The van der Waals surface area contributed by atoms with Gasteiger partial charge in [0.05, 0.1) is 6.54 Å². The molecule has 0 aromatic heterocycles. The van der Waals surface area contributed by atoms with Crippen molar-refractivity contribution >= 4 is 11.7 Å². The Hall–Kier alpha value is -2.52. The Morgan fingerprint density at radius 3 is 2.45 bits per heavy atom. The minimum atomic E-state index is -0.566. The zero-order valence-corrected chi connectivity index (χ0v) is 17.3. The van der Waals surface area contributed by atoms with Crippen LogP contribution in [-0.2, 0) is 4.79 Å². The fraction of sp³-hybridized carbons (Fsp3) is 0.565. The van der Waals surface area contributed by atoms with Crippen molar-refractivity contribution in [3.8, 4) is 23.8 Å². The van der Waals surface area contributed by atoms with Gasteiger partial charge in [0.15, 0.2) is 17.3 Å². The average molecular weight is 399 g/mol. The fourth-order valence-corrected chi connectivity index (χ4v) is 3.96. The van der Waals surface area contributed by atoms with Crippen molar-refractivity contribution in [2.45, 2.75) is 45.1 Å². The second-order valence-electron chi connectivity index (χ2n) is 7.75. The molecule has 1 aromatic carbocycles. The lowest BCUT2D eigenvalue weighted by Crippen LogP contribution is -2.51. The van der Waals surface area contributed by atoms with Crippen LogP contribution in [0.4, 0.5) is 0 Å². The van der Waals surface area contributed by atoms with Crippen molar-refractivity contribution < 1.29 is 19.1 Å². The van der Waals surface area contributed by atoms with Crippen molar-refractivity contribution in [2.75, 3.05) is 32.8 Å². The largest absolute Gasteiger partial charge is 0.486 e. The number of carbonyl (C=O) groups is 2. The van der Waals surface area contributed by atoms with Crippen molar-refractivity contribution in [3.63, 3.8) is 0 Å². The highest BCUT2D eigenvalue weighted by Gasteiger charge is 2.30. The van der Waals surface area contributed by atoms with Crippen LogP contribution in [0.5, 0.6) is 11.5 Å². The van der Waals surface area contributed by atoms with Crippen molar-refractivity contribution in [3.05, 3.63) is 23.8 Å². The van der Waals surface area contributed by atoms with Gasteiger partial charge in [0.1, 0.15) is 18.8 Å². The topological polar surface area (TPSA) is 67.9 Å². The summed E-state index contributed by atoms with van der Waals surface area (Å²) in [5.41, 5.74) is 0.0963. The lowest BCUT2D eigenvalue weighted by molar-refractivity contribution is -0.124. The van der Waals surface area contributed by atoms with Gasteiger partial charge in [-0.1, -0.05) is 19.8 Å². The lowest BCUT2D eigenvalue weighted by atomic mass is 9.88. The summed E-state index contributed by atoms with van der Waals surface area (Å²) in [6.07, 6.45) is 8.52. The number of hydrogen-bond donors (Lipinski definition) is 1. The number of Topliss-reactive ketones (excluding diaryl/α,β-unsaturated/α-hetero) is 1. The van der Waals surface area contributed by atoms with Crippen LogP contribution in [-0.4, -0.2) is 55.0 Å². The Morgan fingerprint density at radius 2 is 1.83 bits per heavy atom. The number of amides is 1.